The summed E-state index contributed by atoms with van der Waals surface area (Å²) >= 11 is 0. The summed E-state index contributed by atoms with van der Waals surface area (Å²) in [5.41, 5.74) is 1.83. The van der Waals surface area contributed by atoms with Gasteiger partial charge in [-0.2, -0.15) is 5.10 Å². The van der Waals surface area contributed by atoms with E-state index in [4.69, 9.17) is 0 Å². The monoisotopic (exact) mass is 363 g/mol. The van der Waals surface area contributed by atoms with E-state index in [0.717, 1.165) is 49.4 Å². The van der Waals surface area contributed by atoms with Crippen LogP contribution in [0.4, 0.5) is 0 Å². The number of benzene rings is 1. The lowest BCUT2D eigenvalue weighted by Crippen LogP contribution is -2.39. The molecule has 6 heteroatoms. The lowest BCUT2D eigenvalue weighted by Gasteiger charge is -2.32. The topological polar surface area (TPSA) is 56.0 Å². The van der Waals surface area contributed by atoms with E-state index in [-0.39, 0.29) is 5.91 Å². The number of likely N-dealkylation sites (tertiary alicyclic amines) is 1. The predicted molar refractivity (Wildman–Crippen MR) is 104 cm³/mol. The van der Waals surface area contributed by atoms with Crippen LogP contribution < -0.4 is 0 Å². The molecule has 1 saturated heterocycles. The Morgan fingerprint density at radius 2 is 2.15 bits per heavy atom. The number of carbonyl (C=O) groups is 1. The molecule has 1 atom stereocenters. The molecule has 0 saturated carbocycles. The lowest BCUT2D eigenvalue weighted by molar-refractivity contribution is 0.0703. The van der Waals surface area contributed by atoms with Crippen molar-refractivity contribution in [1.82, 2.24) is 24.2 Å². The Morgan fingerprint density at radius 3 is 2.96 bits per heavy atom. The molecule has 1 aromatic carbocycles. The molecular formula is C21H25N5O. The van der Waals surface area contributed by atoms with Crippen LogP contribution in [0.1, 0.15) is 47.4 Å². The van der Waals surface area contributed by atoms with Crippen LogP contribution in [0.3, 0.4) is 0 Å². The fourth-order valence-corrected chi connectivity index (χ4v) is 3.89. The quantitative estimate of drug-likeness (QED) is 0.700. The average molecular weight is 363 g/mol. The molecule has 1 unspecified atom stereocenters. The van der Waals surface area contributed by atoms with Gasteiger partial charge in [0, 0.05) is 55.9 Å². The Labute approximate surface area is 159 Å². The molecule has 3 aromatic rings. The van der Waals surface area contributed by atoms with Gasteiger partial charge in [0.25, 0.3) is 5.91 Å². The van der Waals surface area contributed by atoms with Crippen molar-refractivity contribution in [3.63, 3.8) is 0 Å². The maximum absolute atomic E-state index is 13.1. The van der Waals surface area contributed by atoms with Crippen LogP contribution in [0.25, 0.3) is 0 Å². The van der Waals surface area contributed by atoms with Gasteiger partial charge in [-0.15, -0.1) is 0 Å². The first-order chi connectivity index (χ1) is 13.2. The number of imidazole rings is 1. The standard InChI is InChI=1S/C21H25N5O/c1-2-24-13-10-22-20(24)19-8-4-11-25(16-19)21(27)18-7-3-6-17(14-18)15-26-12-5-9-23-26/h3,5-7,9-10,12-14,19H,2,4,8,11,15-16H2,1H3. The fourth-order valence-electron chi connectivity index (χ4n) is 3.89. The maximum Gasteiger partial charge on any atom is 0.253 e. The summed E-state index contributed by atoms with van der Waals surface area (Å²) in [5, 5.41) is 4.24. The number of aryl methyl sites for hydroxylation is 1. The van der Waals surface area contributed by atoms with Crippen LogP contribution in [0, 0.1) is 0 Å². The number of hydrogen-bond acceptors (Lipinski definition) is 3. The van der Waals surface area contributed by atoms with Crippen molar-refractivity contribution in [2.24, 2.45) is 0 Å². The Bertz CT molecular complexity index is 899. The van der Waals surface area contributed by atoms with E-state index in [1.807, 2.05) is 58.5 Å². The number of aromatic nitrogens is 4. The van der Waals surface area contributed by atoms with E-state index < -0.39 is 0 Å². The normalized spacial score (nSPS) is 17.2. The van der Waals surface area contributed by atoms with Gasteiger partial charge in [0.05, 0.1) is 6.54 Å². The number of carbonyl (C=O) groups excluding carboxylic acids is 1. The van der Waals surface area contributed by atoms with Crippen LogP contribution >= 0.6 is 0 Å². The van der Waals surface area contributed by atoms with Crippen LogP contribution in [0.2, 0.25) is 0 Å². The Balaban J connectivity index is 1.49. The third-order valence-electron chi connectivity index (χ3n) is 5.24. The summed E-state index contributed by atoms with van der Waals surface area (Å²) in [5.74, 6) is 1.52. The number of amides is 1. The first-order valence-corrected chi connectivity index (χ1v) is 9.61. The van der Waals surface area contributed by atoms with Crippen molar-refractivity contribution in [3.8, 4) is 0 Å². The summed E-state index contributed by atoms with van der Waals surface area (Å²) in [6.45, 7) is 5.26. The molecule has 1 fully saturated rings. The van der Waals surface area contributed by atoms with Crippen molar-refractivity contribution >= 4 is 5.91 Å². The van der Waals surface area contributed by atoms with E-state index >= 15 is 0 Å². The second-order valence-electron chi connectivity index (χ2n) is 7.07. The summed E-state index contributed by atoms with van der Waals surface area (Å²) < 4.78 is 4.05. The molecule has 0 radical (unpaired) electrons. The first kappa shape index (κ1) is 17.5. The molecule has 0 N–H and O–H groups in total. The van der Waals surface area contributed by atoms with E-state index in [0.29, 0.717) is 12.5 Å². The van der Waals surface area contributed by atoms with Gasteiger partial charge in [0.2, 0.25) is 0 Å². The van der Waals surface area contributed by atoms with Gasteiger partial charge in [-0.05, 0) is 43.5 Å². The number of rotatable bonds is 5. The number of piperidine rings is 1. The van der Waals surface area contributed by atoms with E-state index in [2.05, 4.69) is 21.6 Å². The van der Waals surface area contributed by atoms with Crippen molar-refractivity contribution in [2.45, 2.75) is 38.8 Å². The number of nitrogens with zero attached hydrogens (tertiary/aromatic N) is 5. The molecule has 0 bridgehead atoms. The Hall–Kier alpha value is -2.89. The fraction of sp³-hybridized carbons (Fsp3) is 0.381. The minimum atomic E-state index is 0.108. The minimum absolute atomic E-state index is 0.108. The smallest absolute Gasteiger partial charge is 0.253 e. The molecule has 1 aliphatic rings. The van der Waals surface area contributed by atoms with Crippen molar-refractivity contribution in [2.75, 3.05) is 13.1 Å². The molecule has 0 spiro atoms. The lowest BCUT2D eigenvalue weighted by atomic mass is 9.96. The molecule has 1 aliphatic heterocycles. The highest BCUT2D eigenvalue weighted by molar-refractivity contribution is 5.94. The minimum Gasteiger partial charge on any atom is -0.338 e. The average Bonchev–Trinajstić information content (AvgIpc) is 3.39. The van der Waals surface area contributed by atoms with Gasteiger partial charge in [0.1, 0.15) is 5.82 Å². The van der Waals surface area contributed by atoms with E-state index in [1.54, 1.807) is 6.20 Å². The summed E-state index contributed by atoms with van der Waals surface area (Å²) in [4.78, 5) is 19.6. The molecule has 1 amide bonds. The van der Waals surface area contributed by atoms with Crippen LogP contribution in [0.15, 0.2) is 55.1 Å². The summed E-state index contributed by atoms with van der Waals surface area (Å²) in [6.07, 6.45) is 9.68. The van der Waals surface area contributed by atoms with Crippen LogP contribution in [0.5, 0.6) is 0 Å². The molecule has 3 heterocycles. The largest absolute Gasteiger partial charge is 0.338 e. The second kappa shape index (κ2) is 7.78. The highest BCUT2D eigenvalue weighted by Crippen LogP contribution is 2.27. The van der Waals surface area contributed by atoms with Crippen molar-refractivity contribution < 1.29 is 4.79 Å². The third kappa shape index (κ3) is 3.79. The maximum atomic E-state index is 13.1. The zero-order chi connectivity index (χ0) is 18.6. The van der Waals surface area contributed by atoms with E-state index in [1.165, 1.54) is 0 Å². The van der Waals surface area contributed by atoms with Gasteiger partial charge >= 0.3 is 0 Å². The molecule has 4 rings (SSSR count). The van der Waals surface area contributed by atoms with Gasteiger partial charge in [-0.3, -0.25) is 9.48 Å². The SMILES string of the molecule is CCn1ccnc1C1CCCN(C(=O)c2cccc(Cn3cccn3)c2)C1. The van der Waals surface area contributed by atoms with Gasteiger partial charge in [-0.25, -0.2) is 4.98 Å². The second-order valence-corrected chi connectivity index (χ2v) is 7.07. The zero-order valence-electron chi connectivity index (χ0n) is 15.7. The molecule has 6 nitrogen and oxygen atoms in total. The summed E-state index contributed by atoms with van der Waals surface area (Å²) in [7, 11) is 0. The number of hydrogen-bond donors (Lipinski definition) is 0. The molecular weight excluding hydrogens is 338 g/mol. The molecule has 0 aliphatic carbocycles. The first-order valence-electron chi connectivity index (χ1n) is 9.61. The van der Waals surface area contributed by atoms with Crippen LogP contribution in [-0.4, -0.2) is 43.2 Å². The van der Waals surface area contributed by atoms with Crippen molar-refractivity contribution in [1.29, 1.82) is 0 Å². The highest BCUT2D eigenvalue weighted by atomic mass is 16.2. The Kier molecular flexibility index (Phi) is 5.05. The van der Waals surface area contributed by atoms with Gasteiger partial charge in [-0.1, -0.05) is 12.1 Å². The van der Waals surface area contributed by atoms with Crippen LogP contribution in [-0.2, 0) is 13.1 Å². The van der Waals surface area contributed by atoms with E-state index in [9.17, 15) is 4.79 Å². The molecule has 27 heavy (non-hydrogen) atoms. The Morgan fingerprint density at radius 1 is 1.22 bits per heavy atom. The molecule has 140 valence electrons. The van der Waals surface area contributed by atoms with Crippen molar-refractivity contribution in [3.05, 3.63) is 72.1 Å². The van der Waals surface area contributed by atoms with Gasteiger partial charge in [0.15, 0.2) is 0 Å². The highest BCUT2D eigenvalue weighted by Gasteiger charge is 2.27. The third-order valence-corrected chi connectivity index (χ3v) is 5.24. The zero-order valence-corrected chi connectivity index (χ0v) is 15.7. The predicted octanol–water partition coefficient (Wildman–Crippen LogP) is 3.17. The van der Waals surface area contributed by atoms with Gasteiger partial charge < -0.3 is 9.47 Å². The molecule has 2 aromatic heterocycles. The summed E-state index contributed by atoms with van der Waals surface area (Å²) in [6, 6.07) is 9.79.